The summed E-state index contributed by atoms with van der Waals surface area (Å²) >= 11 is 0. The van der Waals surface area contributed by atoms with Crippen molar-refractivity contribution in [1.29, 1.82) is 0 Å². The van der Waals surface area contributed by atoms with Crippen LogP contribution in [0.15, 0.2) is 24.3 Å². The molecule has 0 unspecified atom stereocenters. The molecule has 1 aromatic heterocycles. The molecule has 3 heteroatoms. The summed E-state index contributed by atoms with van der Waals surface area (Å²) in [6.07, 6.45) is 0. The molecule has 1 aromatic carbocycles. The molecule has 44 valence electrons. The fourth-order valence-corrected chi connectivity index (χ4v) is 0.786. The van der Waals surface area contributed by atoms with Gasteiger partial charge >= 0.3 is 1.43 Å². The normalized spacial score (nSPS) is 10.2. The van der Waals surface area contributed by atoms with Crippen LogP contribution in [0.3, 0.4) is 0 Å². The highest BCUT2D eigenvalue weighted by Crippen LogP contribution is 2.03. The van der Waals surface area contributed by atoms with Crippen LogP contribution >= 0.6 is 0 Å². The van der Waals surface area contributed by atoms with E-state index in [0.717, 1.165) is 11.0 Å². The standard InChI is InChI=1S/C6H5N3/c1-2-4-6-5(3-1)7-9-8-6/h1-4H,(H,7,8,9)/p+1. The van der Waals surface area contributed by atoms with Gasteiger partial charge in [-0.3, -0.25) is 0 Å². The molecule has 9 heavy (non-hydrogen) atoms. The van der Waals surface area contributed by atoms with Crippen molar-refractivity contribution in [2.24, 2.45) is 0 Å². The van der Waals surface area contributed by atoms with Crippen molar-refractivity contribution in [3.8, 4) is 0 Å². The molecule has 0 amide bonds. The van der Waals surface area contributed by atoms with Gasteiger partial charge in [-0.2, -0.15) is 15.4 Å². The molecular weight excluding hydrogens is 114 g/mol. The first-order valence-corrected chi connectivity index (χ1v) is 2.72. The Bertz CT molecular complexity index is 287. The molecule has 0 radical (unpaired) electrons. The smallest absolute Gasteiger partial charge is 0.197 e. The molecular formula is C6H6N3+. The van der Waals surface area contributed by atoms with Gasteiger partial charge in [-0.15, -0.1) is 0 Å². The summed E-state index contributed by atoms with van der Waals surface area (Å²) in [4.78, 5) is 0. The van der Waals surface area contributed by atoms with Crippen LogP contribution in [-0.2, 0) is 0 Å². The number of H-pyrrole nitrogens is 1. The number of hydrogen-bond donors (Lipinski definition) is 1. The quantitative estimate of drug-likeness (QED) is 0.565. The average Bonchev–Trinajstić information content (AvgIpc) is 2.33. The monoisotopic (exact) mass is 120 g/mol. The zero-order chi connectivity index (χ0) is 6.10. The Morgan fingerprint density at radius 1 is 1.11 bits per heavy atom. The second kappa shape index (κ2) is 1.55. The maximum Gasteiger partial charge on any atom is 1.00 e. The van der Waals surface area contributed by atoms with Gasteiger partial charge in [-0.25, -0.2) is 0 Å². The van der Waals surface area contributed by atoms with E-state index in [1.807, 2.05) is 24.3 Å². The van der Waals surface area contributed by atoms with E-state index < -0.39 is 0 Å². The van der Waals surface area contributed by atoms with Gasteiger partial charge < -0.3 is 0 Å². The molecule has 2 aromatic rings. The minimum absolute atomic E-state index is 0. The van der Waals surface area contributed by atoms with E-state index in [1.165, 1.54) is 0 Å². The van der Waals surface area contributed by atoms with Gasteiger partial charge in [0.1, 0.15) is 11.0 Å². The largest absolute Gasteiger partial charge is 1.00 e. The van der Waals surface area contributed by atoms with Crippen molar-refractivity contribution in [3.63, 3.8) is 0 Å². The number of fused-ring (bicyclic) bond motifs is 1. The van der Waals surface area contributed by atoms with Crippen LogP contribution in [0.2, 0.25) is 0 Å². The first-order valence-electron chi connectivity index (χ1n) is 2.72. The Kier molecular flexibility index (Phi) is 0.773. The third kappa shape index (κ3) is 0.579. The van der Waals surface area contributed by atoms with Crippen LogP contribution in [-0.4, -0.2) is 15.4 Å². The fourth-order valence-electron chi connectivity index (χ4n) is 0.786. The van der Waals surface area contributed by atoms with E-state index in [1.54, 1.807) is 0 Å². The molecule has 0 aliphatic rings. The third-order valence-electron chi connectivity index (χ3n) is 1.22. The number of nitrogens with one attached hydrogen (secondary N) is 1. The molecule has 0 saturated heterocycles. The van der Waals surface area contributed by atoms with Crippen molar-refractivity contribution in [3.05, 3.63) is 24.3 Å². The number of hydrogen-bond acceptors (Lipinski definition) is 2. The molecule has 0 aliphatic carbocycles. The number of benzene rings is 1. The van der Waals surface area contributed by atoms with Crippen LogP contribution in [0.5, 0.6) is 0 Å². The van der Waals surface area contributed by atoms with Crippen molar-refractivity contribution < 1.29 is 1.43 Å². The van der Waals surface area contributed by atoms with E-state index in [0.29, 0.717) is 0 Å². The van der Waals surface area contributed by atoms with Crippen molar-refractivity contribution in [1.82, 2.24) is 15.4 Å². The number of para-hydroxylation sites is 2. The minimum Gasteiger partial charge on any atom is -0.197 e. The lowest BCUT2D eigenvalue weighted by molar-refractivity contribution is 0.959. The molecule has 1 N–H and O–H groups in total. The SMILES string of the molecule is [H+].c1ccc2n[nH]nc2c1. The summed E-state index contributed by atoms with van der Waals surface area (Å²) in [6.45, 7) is 0. The van der Waals surface area contributed by atoms with E-state index in [4.69, 9.17) is 0 Å². The van der Waals surface area contributed by atoms with Gasteiger partial charge in [0.15, 0.2) is 0 Å². The minimum atomic E-state index is 0. The summed E-state index contributed by atoms with van der Waals surface area (Å²) in [6, 6.07) is 7.70. The topological polar surface area (TPSA) is 41.6 Å². The Balaban J connectivity index is 0.000000500. The molecule has 0 aliphatic heterocycles. The van der Waals surface area contributed by atoms with Crippen molar-refractivity contribution in [2.45, 2.75) is 0 Å². The summed E-state index contributed by atoms with van der Waals surface area (Å²) in [5.74, 6) is 0. The van der Waals surface area contributed by atoms with E-state index in [-0.39, 0.29) is 1.43 Å². The van der Waals surface area contributed by atoms with Gasteiger partial charge in [0.05, 0.1) is 0 Å². The average molecular weight is 120 g/mol. The first kappa shape index (κ1) is 4.49. The molecule has 0 spiro atoms. The number of aromatic nitrogens is 3. The highest BCUT2D eigenvalue weighted by molar-refractivity contribution is 5.72. The van der Waals surface area contributed by atoms with Crippen LogP contribution in [0.4, 0.5) is 0 Å². The number of rotatable bonds is 0. The maximum absolute atomic E-state index is 3.88. The van der Waals surface area contributed by atoms with Gasteiger partial charge in [-0.1, -0.05) is 12.1 Å². The van der Waals surface area contributed by atoms with Crippen LogP contribution in [0.25, 0.3) is 11.0 Å². The Morgan fingerprint density at radius 3 is 2.22 bits per heavy atom. The summed E-state index contributed by atoms with van der Waals surface area (Å²) in [5.41, 5.74) is 1.83. The molecule has 1 heterocycles. The number of aromatic amines is 1. The number of nitrogens with zero attached hydrogens (tertiary/aromatic N) is 2. The maximum atomic E-state index is 3.88. The van der Waals surface area contributed by atoms with Crippen LogP contribution in [0.1, 0.15) is 1.43 Å². The predicted molar refractivity (Wildman–Crippen MR) is 35.0 cm³/mol. The third-order valence-corrected chi connectivity index (χ3v) is 1.22. The van der Waals surface area contributed by atoms with Crippen molar-refractivity contribution >= 4 is 11.0 Å². The van der Waals surface area contributed by atoms with Crippen LogP contribution < -0.4 is 0 Å². The summed E-state index contributed by atoms with van der Waals surface area (Å²) in [7, 11) is 0. The van der Waals surface area contributed by atoms with Gasteiger partial charge in [0.25, 0.3) is 0 Å². The second-order valence-electron chi connectivity index (χ2n) is 1.81. The summed E-state index contributed by atoms with van der Waals surface area (Å²) in [5, 5.41) is 10.3. The Morgan fingerprint density at radius 2 is 1.67 bits per heavy atom. The lowest BCUT2D eigenvalue weighted by Crippen LogP contribution is -1.63. The Labute approximate surface area is 53.2 Å². The predicted octanol–water partition coefficient (Wildman–Crippen LogP) is 1.07. The lowest BCUT2D eigenvalue weighted by Gasteiger charge is -1.78. The molecule has 2 rings (SSSR count). The lowest BCUT2D eigenvalue weighted by atomic mass is 10.3. The van der Waals surface area contributed by atoms with Crippen molar-refractivity contribution in [2.75, 3.05) is 0 Å². The fraction of sp³-hybridized carbons (Fsp3) is 0. The van der Waals surface area contributed by atoms with Gasteiger partial charge in [0.2, 0.25) is 0 Å². The zero-order valence-corrected chi connectivity index (χ0v) is 4.70. The first-order chi connectivity index (χ1) is 4.47. The Hall–Kier alpha value is -1.38. The van der Waals surface area contributed by atoms with E-state index >= 15 is 0 Å². The van der Waals surface area contributed by atoms with E-state index in [2.05, 4.69) is 15.4 Å². The molecule has 0 bridgehead atoms. The van der Waals surface area contributed by atoms with Gasteiger partial charge in [0, 0.05) is 0 Å². The van der Waals surface area contributed by atoms with E-state index in [9.17, 15) is 0 Å². The van der Waals surface area contributed by atoms with Crippen LogP contribution in [0, 0.1) is 0 Å². The zero-order valence-electron chi connectivity index (χ0n) is 5.70. The van der Waals surface area contributed by atoms with Gasteiger partial charge in [-0.05, 0) is 12.1 Å². The highest BCUT2D eigenvalue weighted by Gasteiger charge is 1.90. The molecule has 0 fully saturated rings. The molecule has 3 nitrogen and oxygen atoms in total. The molecule has 0 saturated carbocycles. The molecule has 0 atom stereocenters. The second-order valence-corrected chi connectivity index (χ2v) is 1.81. The highest BCUT2D eigenvalue weighted by atomic mass is 15.3. The summed E-state index contributed by atoms with van der Waals surface area (Å²) < 4.78 is 0.